The van der Waals surface area contributed by atoms with E-state index in [-0.39, 0.29) is 24.9 Å². The van der Waals surface area contributed by atoms with Gasteiger partial charge in [-0.25, -0.2) is 0 Å². The monoisotopic (exact) mass is 628 g/mol. The fraction of sp³-hybridized carbons (Fsp3) is 0.167. The van der Waals surface area contributed by atoms with Gasteiger partial charge < -0.3 is 25.2 Å². The number of anilines is 1. The molecule has 11 nitrogen and oxygen atoms in total. The van der Waals surface area contributed by atoms with Crippen molar-refractivity contribution in [1.29, 1.82) is 0 Å². The molecule has 0 saturated heterocycles. The first-order valence-electron chi connectivity index (χ1n) is 15.1. The molecule has 0 fully saturated rings. The first-order chi connectivity index (χ1) is 22.8. The Morgan fingerprint density at radius 1 is 0.872 bits per heavy atom. The number of benzene rings is 4. The van der Waals surface area contributed by atoms with Gasteiger partial charge in [0.15, 0.2) is 0 Å². The highest BCUT2D eigenvalue weighted by Gasteiger charge is 2.20. The van der Waals surface area contributed by atoms with Crippen molar-refractivity contribution < 1.29 is 24.0 Å². The lowest BCUT2D eigenvalue weighted by Crippen LogP contribution is -2.35. The van der Waals surface area contributed by atoms with Crippen LogP contribution in [0.2, 0.25) is 0 Å². The Balaban J connectivity index is 1.09. The van der Waals surface area contributed by atoms with E-state index in [4.69, 9.17) is 4.52 Å². The predicted molar refractivity (Wildman–Crippen MR) is 178 cm³/mol. The number of aryl methyl sites for hydroxylation is 1. The van der Waals surface area contributed by atoms with Gasteiger partial charge in [0.1, 0.15) is 6.54 Å². The minimum Gasteiger partial charge on any atom is -0.480 e. The fourth-order valence-corrected chi connectivity index (χ4v) is 5.18. The summed E-state index contributed by atoms with van der Waals surface area (Å²) in [4.78, 5) is 47.1. The highest BCUT2D eigenvalue weighted by molar-refractivity contribution is 5.97. The average molecular weight is 629 g/mol. The maximum atomic E-state index is 13.3. The number of hydrogen-bond donors (Lipinski definition) is 3. The molecule has 2 heterocycles. The zero-order chi connectivity index (χ0) is 32.8. The van der Waals surface area contributed by atoms with Crippen LogP contribution in [0.5, 0.6) is 0 Å². The SMILES string of the molecule is Cc1ccc(-c2ccc(-c3nc(-c4ccc(CN(CC(=O)O)C(=O)c5ccc(NC(=O)CC6CN=CN6)cc5)cc4)no3)cc2)cc1. The molecule has 6 rings (SSSR count). The molecule has 0 spiro atoms. The highest BCUT2D eigenvalue weighted by atomic mass is 16.5. The van der Waals surface area contributed by atoms with Gasteiger partial charge in [0.2, 0.25) is 11.7 Å². The number of nitrogens with one attached hydrogen (secondary N) is 2. The van der Waals surface area contributed by atoms with E-state index in [9.17, 15) is 19.5 Å². The average Bonchev–Trinajstić information content (AvgIpc) is 3.78. The Hall–Kier alpha value is -6.10. The molecule has 236 valence electrons. The standard InChI is InChI=1S/C36H32N6O5/c1-23-2-6-25(7-3-23)26-10-12-28(13-11-26)35-40-34(41-47-35)27-8-4-24(5-9-27)20-42(21-33(44)45)36(46)29-14-16-30(17-15-29)39-32(43)18-31-19-37-22-38-31/h2-17,22,31H,18-21H2,1H3,(H,37,38)(H,39,43)(H,44,45). The van der Waals surface area contributed by atoms with E-state index >= 15 is 0 Å². The van der Waals surface area contributed by atoms with Crippen LogP contribution in [0.3, 0.4) is 0 Å². The van der Waals surface area contributed by atoms with Crippen molar-refractivity contribution in [2.45, 2.75) is 25.9 Å². The Morgan fingerprint density at radius 2 is 1.51 bits per heavy atom. The third kappa shape index (κ3) is 7.77. The Bertz CT molecular complexity index is 1890. The Labute approximate surface area is 271 Å². The van der Waals surface area contributed by atoms with Crippen molar-refractivity contribution in [2.24, 2.45) is 4.99 Å². The highest BCUT2D eigenvalue weighted by Crippen LogP contribution is 2.26. The van der Waals surface area contributed by atoms with Crippen molar-refractivity contribution in [2.75, 3.05) is 18.4 Å². The number of aliphatic carboxylic acids is 1. The number of hydrogen-bond acceptors (Lipinski definition) is 8. The second-order valence-electron chi connectivity index (χ2n) is 11.3. The lowest BCUT2D eigenvalue weighted by atomic mass is 10.0. The van der Waals surface area contributed by atoms with Gasteiger partial charge in [0.25, 0.3) is 11.8 Å². The molecule has 4 aromatic carbocycles. The molecule has 47 heavy (non-hydrogen) atoms. The third-order valence-electron chi connectivity index (χ3n) is 7.72. The van der Waals surface area contributed by atoms with Crippen molar-refractivity contribution in [3.8, 4) is 34.0 Å². The molecule has 0 radical (unpaired) electrons. The second kappa shape index (κ2) is 13.9. The molecule has 1 atom stereocenters. The second-order valence-corrected chi connectivity index (χ2v) is 11.3. The van der Waals surface area contributed by atoms with E-state index < -0.39 is 18.4 Å². The fourth-order valence-electron chi connectivity index (χ4n) is 5.18. The normalized spacial score (nSPS) is 13.6. The summed E-state index contributed by atoms with van der Waals surface area (Å²) >= 11 is 0. The summed E-state index contributed by atoms with van der Waals surface area (Å²) < 4.78 is 5.53. The lowest BCUT2D eigenvalue weighted by Gasteiger charge is -2.21. The first kappa shape index (κ1) is 30.9. The zero-order valence-electron chi connectivity index (χ0n) is 25.6. The topological polar surface area (TPSA) is 150 Å². The van der Waals surface area contributed by atoms with E-state index in [0.29, 0.717) is 35.1 Å². The molecule has 2 amide bonds. The number of rotatable bonds is 11. The summed E-state index contributed by atoms with van der Waals surface area (Å²) in [7, 11) is 0. The number of aromatic nitrogens is 2. The molecule has 0 saturated carbocycles. The summed E-state index contributed by atoms with van der Waals surface area (Å²) in [6, 6.07) is 29.8. The van der Waals surface area contributed by atoms with Gasteiger partial charge in [-0.15, -0.1) is 0 Å². The molecule has 0 aliphatic carbocycles. The van der Waals surface area contributed by atoms with E-state index in [1.54, 1.807) is 54.9 Å². The molecular weight excluding hydrogens is 596 g/mol. The van der Waals surface area contributed by atoms with Crippen molar-refractivity contribution >= 4 is 29.8 Å². The largest absolute Gasteiger partial charge is 0.480 e. The van der Waals surface area contributed by atoms with Crippen LogP contribution in [0, 0.1) is 6.92 Å². The van der Waals surface area contributed by atoms with E-state index in [2.05, 4.69) is 57.0 Å². The van der Waals surface area contributed by atoms with Gasteiger partial charge in [0, 0.05) is 35.3 Å². The van der Waals surface area contributed by atoms with Crippen LogP contribution in [-0.2, 0) is 16.1 Å². The quantitative estimate of drug-likeness (QED) is 0.175. The molecule has 1 unspecified atom stereocenters. The van der Waals surface area contributed by atoms with Crippen LogP contribution >= 0.6 is 0 Å². The number of amides is 2. The van der Waals surface area contributed by atoms with E-state index in [0.717, 1.165) is 22.3 Å². The first-order valence-corrected chi connectivity index (χ1v) is 15.1. The molecule has 5 aromatic rings. The minimum absolute atomic E-state index is 0.0350. The van der Waals surface area contributed by atoms with Gasteiger partial charge in [0.05, 0.1) is 18.9 Å². The summed E-state index contributed by atoms with van der Waals surface area (Å²) in [5.74, 6) is -0.948. The number of aliphatic imine (C=N–C) groups is 1. The summed E-state index contributed by atoms with van der Waals surface area (Å²) in [5.41, 5.74) is 6.50. The van der Waals surface area contributed by atoms with Crippen molar-refractivity contribution in [1.82, 2.24) is 20.4 Å². The Morgan fingerprint density at radius 3 is 2.15 bits per heavy atom. The number of carbonyl (C=O) groups is 3. The Kier molecular flexibility index (Phi) is 9.14. The van der Waals surface area contributed by atoms with Crippen molar-refractivity contribution in [3.63, 3.8) is 0 Å². The smallest absolute Gasteiger partial charge is 0.323 e. The van der Waals surface area contributed by atoms with Crippen LogP contribution < -0.4 is 10.6 Å². The van der Waals surface area contributed by atoms with Gasteiger partial charge in [-0.2, -0.15) is 4.98 Å². The predicted octanol–water partition coefficient (Wildman–Crippen LogP) is 5.43. The maximum Gasteiger partial charge on any atom is 0.323 e. The van der Waals surface area contributed by atoms with Crippen LogP contribution in [0.4, 0.5) is 5.69 Å². The van der Waals surface area contributed by atoms with Crippen molar-refractivity contribution in [3.05, 3.63) is 114 Å². The summed E-state index contributed by atoms with van der Waals surface area (Å²) in [6.45, 7) is 2.20. The van der Waals surface area contributed by atoms with Crippen LogP contribution in [0.1, 0.15) is 27.9 Å². The number of carboxylic acids is 1. The zero-order valence-corrected chi connectivity index (χ0v) is 25.6. The number of carbonyl (C=O) groups excluding carboxylic acids is 2. The van der Waals surface area contributed by atoms with E-state index in [1.807, 2.05) is 24.3 Å². The lowest BCUT2D eigenvalue weighted by molar-refractivity contribution is -0.137. The van der Waals surface area contributed by atoms with Crippen LogP contribution in [0.25, 0.3) is 34.0 Å². The third-order valence-corrected chi connectivity index (χ3v) is 7.72. The van der Waals surface area contributed by atoms with Gasteiger partial charge in [-0.3, -0.25) is 19.4 Å². The maximum absolute atomic E-state index is 13.3. The molecule has 3 N–H and O–H groups in total. The molecule has 1 aliphatic rings. The molecule has 0 bridgehead atoms. The van der Waals surface area contributed by atoms with Gasteiger partial charge in [-0.1, -0.05) is 71.4 Å². The molecule has 11 heteroatoms. The van der Waals surface area contributed by atoms with Crippen LogP contribution in [0.15, 0.2) is 107 Å². The summed E-state index contributed by atoms with van der Waals surface area (Å²) in [6.07, 6.45) is 1.86. The number of nitrogens with zero attached hydrogens (tertiary/aromatic N) is 4. The van der Waals surface area contributed by atoms with Crippen LogP contribution in [-0.4, -0.2) is 63.4 Å². The number of carboxylic acid groups (broad SMARTS) is 1. The molecular formula is C36H32N6O5. The molecule has 1 aliphatic heterocycles. The van der Waals surface area contributed by atoms with E-state index in [1.165, 1.54) is 10.5 Å². The van der Waals surface area contributed by atoms with Gasteiger partial charge in [-0.05, 0) is 60.0 Å². The minimum atomic E-state index is -1.13. The summed E-state index contributed by atoms with van der Waals surface area (Å²) in [5, 5.41) is 19.5. The molecule has 1 aromatic heterocycles. The van der Waals surface area contributed by atoms with Gasteiger partial charge >= 0.3 is 5.97 Å².